The number of rotatable bonds is 8. The zero-order chi connectivity index (χ0) is 24.5. The molecule has 2 aromatic carbocycles. The van der Waals surface area contributed by atoms with E-state index in [2.05, 4.69) is 16.0 Å². The predicted octanol–water partition coefficient (Wildman–Crippen LogP) is 4.54. The molecule has 1 saturated carbocycles. The number of carbonyl (C=O) groups excluding carboxylic acids is 3. The first-order valence-corrected chi connectivity index (χ1v) is 12.0. The number of amides is 3. The normalized spacial score (nSPS) is 15.2. The monoisotopic (exact) mass is 465 g/mol. The summed E-state index contributed by atoms with van der Waals surface area (Å²) in [5.41, 5.74) is 1.13. The van der Waals surface area contributed by atoms with Crippen molar-refractivity contribution in [3.05, 3.63) is 59.7 Å². The van der Waals surface area contributed by atoms with E-state index in [0.717, 1.165) is 25.7 Å². The first-order chi connectivity index (χ1) is 16.4. The van der Waals surface area contributed by atoms with E-state index < -0.39 is 11.9 Å². The summed E-state index contributed by atoms with van der Waals surface area (Å²) in [5.74, 6) is -0.335. The van der Waals surface area contributed by atoms with Gasteiger partial charge in [-0.05, 0) is 55.2 Å². The number of benzene rings is 2. The highest BCUT2D eigenvalue weighted by molar-refractivity contribution is 6.09. The highest BCUT2D eigenvalue weighted by Crippen LogP contribution is 2.20. The van der Waals surface area contributed by atoms with Crippen molar-refractivity contribution in [2.75, 3.05) is 12.4 Å². The molecule has 0 heterocycles. The fourth-order valence-electron chi connectivity index (χ4n) is 4.20. The molecule has 0 unspecified atom stereocenters. The quantitative estimate of drug-likeness (QED) is 0.499. The van der Waals surface area contributed by atoms with E-state index in [0.29, 0.717) is 22.6 Å². The molecule has 0 radical (unpaired) electrons. The van der Waals surface area contributed by atoms with Crippen LogP contribution in [-0.2, 0) is 4.79 Å². The predicted molar refractivity (Wildman–Crippen MR) is 133 cm³/mol. The summed E-state index contributed by atoms with van der Waals surface area (Å²) in [7, 11) is 1.56. The highest BCUT2D eigenvalue weighted by atomic mass is 16.5. The summed E-state index contributed by atoms with van der Waals surface area (Å²) < 4.78 is 5.13. The van der Waals surface area contributed by atoms with Crippen molar-refractivity contribution in [1.29, 1.82) is 0 Å². The van der Waals surface area contributed by atoms with Crippen molar-refractivity contribution in [3.63, 3.8) is 0 Å². The molecule has 0 spiro atoms. The van der Waals surface area contributed by atoms with Gasteiger partial charge in [0.2, 0.25) is 5.91 Å². The third kappa shape index (κ3) is 6.83. The lowest BCUT2D eigenvalue weighted by atomic mass is 10.0. The summed E-state index contributed by atoms with van der Waals surface area (Å²) in [6, 6.07) is 13.0. The Bertz CT molecular complexity index is 980. The molecule has 182 valence electrons. The van der Waals surface area contributed by atoms with Crippen LogP contribution in [0.5, 0.6) is 5.75 Å². The molecule has 1 fully saturated rings. The Morgan fingerprint density at radius 3 is 2.15 bits per heavy atom. The molecule has 0 saturated heterocycles. The summed E-state index contributed by atoms with van der Waals surface area (Å²) in [5, 5.41) is 8.84. The highest BCUT2D eigenvalue weighted by Gasteiger charge is 2.27. The maximum Gasteiger partial charge on any atom is 0.255 e. The molecule has 1 atom stereocenters. The Morgan fingerprint density at radius 1 is 0.882 bits per heavy atom. The molecule has 0 aromatic heterocycles. The molecule has 3 amide bonds. The van der Waals surface area contributed by atoms with Gasteiger partial charge < -0.3 is 20.7 Å². The Hall–Kier alpha value is -3.35. The molecule has 7 heteroatoms. The van der Waals surface area contributed by atoms with E-state index in [4.69, 9.17) is 4.74 Å². The second-order valence-corrected chi connectivity index (χ2v) is 9.12. The summed E-state index contributed by atoms with van der Waals surface area (Å²) >= 11 is 0. The summed E-state index contributed by atoms with van der Waals surface area (Å²) in [6.45, 7) is 3.82. The van der Waals surface area contributed by atoms with Crippen LogP contribution in [0.15, 0.2) is 48.5 Å². The Kier molecular flexibility index (Phi) is 9.08. The lowest BCUT2D eigenvalue weighted by Crippen LogP contribution is -2.52. The van der Waals surface area contributed by atoms with Crippen LogP contribution in [0.1, 0.15) is 73.1 Å². The number of nitrogens with one attached hydrogen (secondary N) is 3. The first-order valence-electron chi connectivity index (χ1n) is 12.0. The fraction of sp³-hybridized carbons (Fsp3) is 0.444. The topological polar surface area (TPSA) is 96.5 Å². The molecular weight excluding hydrogens is 430 g/mol. The number of hydrogen-bond acceptors (Lipinski definition) is 4. The average Bonchev–Trinajstić information content (AvgIpc) is 3.11. The van der Waals surface area contributed by atoms with Crippen molar-refractivity contribution in [1.82, 2.24) is 10.6 Å². The molecule has 1 aliphatic rings. The van der Waals surface area contributed by atoms with Crippen molar-refractivity contribution in [2.45, 2.75) is 64.5 Å². The Morgan fingerprint density at radius 2 is 1.53 bits per heavy atom. The van der Waals surface area contributed by atoms with Gasteiger partial charge in [-0.2, -0.15) is 0 Å². The number of ether oxygens (including phenoxy) is 1. The van der Waals surface area contributed by atoms with Crippen LogP contribution in [0.25, 0.3) is 0 Å². The van der Waals surface area contributed by atoms with E-state index in [1.165, 1.54) is 12.8 Å². The van der Waals surface area contributed by atoms with Crippen LogP contribution in [0.4, 0.5) is 5.69 Å². The number of para-hydroxylation sites is 1. The van der Waals surface area contributed by atoms with Gasteiger partial charge in [-0.3, -0.25) is 14.4 Å². The second kappa shape index (κ2) is 12.2. The number of carbonyl (C=O) groups is 3. The van der Waals surface area contributed by atoms with E-state index in [9.17, 15) is 14.4 Å². The van der Waals surface area contributed by atoms with E-state index in [-0.39, 0.29) is 23.8 Å². The van der Waals surface area contributed by atoms with Crippen LogP contribution in [0.2, 0.25) is 0 Å². The lowest BCUT2D eigenvalue weighted by molar-refractivity contribution is -0.124. The van der Waals surface area contributed by atoms with E-state index in [1.807, 2.05) is 13.8 Å². The number of methoxy groups -OCH3 is 1. The van der Waals surface area contributed by atoms with Crippen molar-refractivity contribution < 1.29 is 19.1 Å². The van der Waals surface area contributed by atoms with Crippen LogP contribution in [0, 0.1) is 5.92 Å². The van der Waals surface area contributed by atoms with Gasteiger partial charge in [0, 0.05) is 11.6 Å². The van der Waals surface area contributed by atoms with E-state index in [1.54, 1.807) is 55.6 Å². The maximum atomic E-state index is 13.2. The molecule has 2 aromatic rings. The van der Waals surface area contributed by atoms with Gasteiger partial charge in [0.15, 0.2) is 0 Å². The van der Waals surface area contributed by atoms with Gasteiger partial charge in [-0.1, -0.05) is 51.7 Å². The van der Waals surface area contributed by atoms with Crippen LogP contribution >= 0.6 is 0 Å². The lowest BCUT2D eigenvalue weighted by Gasteiger charge is -2.25. The molecule has 3 rings (SSSR count). The number of hydrogen-bond donors (Lipinski definition) is 3. The zero-order valence-electron chi connectivity index (χ0n) is 20.2. The van der Waals surface area contributed by atoms with Crippen LogP contribution in [-0.4, -0.2) is 36.9 Å². The average molecular weight is 466 g/mol. The van der Waals surface area contributed by atoms with Crippen LogP contribution < -0.4 is 20.7 Å². The molecule has 7 nitrogen and oxygen atoms in total. The van der Waals surface area contributed by atoms with Gasteiger partial charge in [-0.25, -0.2) is 0 Å². The minimum atomic E-state index is -0.666. The minimum absolute atomic E-state index is 0.0872. The molecular formula is C27H35N3O4. The largest absolute Gasteiger partial charge is 0.497 e. The smallest absolute Gasteiger partial charge is 0.255 e. The van der Waals surface area contributed by atoms with Gasteiger partial charge in [0.25, 0.3) is 11.8 Å². The van der Waals surface area contributed by atoms with Crippen molar-refractivity contribution in [3.8, 4) is 5.75 Å². The SMILES string of the molecule is COc1ccc(C(=O)Nc2ccccc2C(=O)N[C@H](C(=O)NC2CCCCCC2)C(C)C)cc1. The standard InChI is InChI=1S/C27H35N3O4/c1-18(2)24(27(33)28-20-10-6-4-5-7-11-20)30-26(32)22-12-8-9-13-23(22)29-25(31)19-14-16-21(34-3)17-15-19/h8-9,12-18,20,24H,4-7,10-11H2,1-3H3,(H,28,33)(H,29,31)(H,30,32)/t24-/m0/s1. The van der Waals surface area contributed by atoms with Crippen molar-refractivity contribution >= 4 is 23.4 Å². The summed E-state index contributed by atoms with van der Waals surface area (Å²) in [6.07, 6.45) is 6.59. The Balaban J connectivity index is 1.70. The maximum absolute atomic E-state index is 13.2. The van der Waals surface area contributed by atoms with Gasteiger partial charge >= 0.3 is 0 Å². The third-order valence-electron chi connectivity index (χ3n) is 6.21. The van der Waals surface area contributed by atoms with Gasteiger partial charge in [0.05, 0.1) is 18.4 Å². The second-order valence-electron chi connectivity index (χ2n) is 9.12. The fourth-order valence-corrected chi connectivity index (χ4v) is 4.20. The van der Waals surface area contributed by atoms with Crippen molar-refractivity contribution in [2.24, 2.45) is 5.92 Å². The molecule has 34 heavy (non-hydrogen) atoms. The van der Waals surface area contributed by atoms with E-state index >= 15 is 0 Å². The zero-order valence-corrected chi connectivity index (χ0v) is 20.2. The molecule has 3 N–H and O–H groups in total. The molecule has 0 bridgehead atoms. The van der Waals surface area contributed by atoms with Gasteiger partial charge in [0.1, 0.15) is 11.8 Å². The summed E-state index contributed by atoms with van der Waals surface area (Å²) in [4.78, 5) is 38.9. The third-order valence-corrected chi connectivity index (χ3v) is 6.21. The molecule has 0 aliphatic heterocycles. The van der Waals surface area contributed by atoms with Gasteiger partial charge in [-0.15, -0.1) is 0 Å². The Labute approximate surface area is 201 Å². The minimum Gasteiger partial charge on any atom is -0.497 e. The molecule has 1 aliphatic carbocycles. The number of anilines is 1. The first kappa shape index (κ1) is 25.3. The van der Waals surface area contributed by atoms with Crippen LogP contribution in [0.3, 0.4) is 0 Å².